The second-order valence-electron chi connectivity index (χ2n) is 4.54. The van der Waals surface area contributed by atoms with Gasteiger partial charge in [0.05, 0.1) is 6.54 Å². The number of nitrogens with zero attached hydrogens (tertiary/aromatic N) is 1. The molecule has 1 aromatic carbocycles. The first-order valence-corrected chi connectivity index (χ1v) is 5.96. The zero-order valence-corrected chi connectivity index (χ0v) is 10.2. The highest BCUT2D eigenvalue weighted by atomic mass is 16.1. The normalized spacial score (nSPS) is 13.1. The summed E-state index contributed by atoms with van der Waals surface area (Å²) >= 11 is 0. The van der Waals surface area contributed by atoms with E-state index in [9.17, 15) is 4.79 Å². The molecule has 90 valence electrons. The van der Waals surface area contributed by atoms with Gasteiger partial charge in [0, 0.05) is 23.1 Å². The number of benzene rings is 1. The Kier molecular flexibility index (Phi) is 2.52. The predicted molar refractivity (Wildman–Crippen MR) is 73.5 cm³/mol. The van der Waals surface area contributed by atoms with Crippen molar-refractivity contribution in [3.63, 3.8) is 0 Å². The maximum atomic E-state index is 11.7. The number of nitrogens with one attached hydrogen (secondary N) is 1. The highest BCUT2D eigenvalue weighted by molar-refractivity contribution is 5.61. The molecule has 0 saturated carbocycles. The van der Waals surface area contributed by atoms with Crippen molar-refractivity contribution in [2.45, 2.75) is 13.5 Å². The standard InChI is InChI=1S/C15H14N2O/c1-11-5-7-12(8-6-11)16-13-9-14-3-2-4-15(18)17(14)10-13/h2-9,16H,10H2,1H3. The number of hydrogen-bond acceptors (Lipinski definition) is 2. The van der Waals surface area contributed by atoms with Gasteiger partial charge in [-0.25, -0.2) is 0 Å². The number of aryl methyl sites for hydroxylation is 1. The Morgan fingerprint density at radius 3 is 2.61 bits per heavy atom. The summed E-state index contributed by atoms with van der Waals surface area (Å²) in [4.78, 5) is 11.7. The fraction of sp³-hybridized carbons (Fsp3) is 0.133. The third kappa shape index (κ3) is 1.95. The van der Waals surface area contributed by atoms with Crippen LogP contribution in [0.2, 0.25) is 0 Å². The SMILES string of the molecule is Cc1ccc(NC2=Cc3cccc(=O)n3C2)cc1. The summed E-state index contributed by atoms with van der Waals surface area (Å²) in [6, 6.07) is 13.6. The minimum Gasteiger partial charge on any atom is -0.357 e. The summed E-state index contributed by atoms with van der Waals surface area (Å²) in [5.74, 6) is 0. The van der Waals surface area contributed by atoms with Crippen LogP contribution in [0.1, 0.15) is 11.3 Å². The van der Waals surface area contributed by atoms with E-state index in [1.165, 1.54) is 5.56 Å². The van der Waals surface area contributed by atoms with E-state index in [0.29, 0.717) is 6.54 Å². The molecule has 3 heteroatoms. The molecule has 1 N–H and O–H groups in total. The minimum absolute atomic E-state index is 0.0458. The Hall–Kier alpha value is -2.29. The van der Waals surface area contributed by atoms with Crippen LogP contribution in [-0.4, -0.2) is 4.57 Å². The molecule has 3 nitrogen and oxygen atoms in total. The Morgan fingerprint density at radius 2 is 1.89 bits per heavy atom. The summed E-state index contributed by atoms with van der Waals surface area (Å²) in [5.41, 5.74) is 4.33. The molecule has 0 saturated heterocycles. The zero-order valence-electron chi connectivity index (χ0n) is 10.2. The van der Waals surface area contributed by atoms with Crippen LogP contribution in [0.25, 0.3) is 6.08 Å². The van der Waals surface area contributed by atoms with Crippen LogP contribution < -0.4 is 10.9 Å². The van der Waals surface area contributed by atoms with Crippen LogP contribution in [0, 0.1) is 6.92 Å². The number of hydrogen-bond donors (Lipinski definition) is 1. The lowest BCUT2D eigenvalue weighted by Gasteiger charge is -2.07. The number of allylic oxidation sites excluding steroid dienone is 1. The third-order valence-corrected chi connectivity index (χ3v) is 3.09. The summed E-state index contributed by atoms with van der Waals surface area (Å²) in [6.07, 6.45) is 2.02. The zero-order chi connectivity index (χ0) is 12.5. The lowest BCUT2D eigenvalue weighted by Crippen LogP contribution is -2.19. The summed E-state index contributed by atoms with van der Waals surface area (Å²) in [7, 11) is 0. The first-order chi connectivity index (χ1) is 8.72. The molecule has 0 bridgehead atoms. The Labute approximate surface area is 105 Å². The number of pyridine rings is 1. The Bertz CT molecular complexity index is 666. The lowest BCUT2D eigenvalue weighted by atomic mass is 10.2. The van der Waals surface area contributed by atoms with Gasteiger partial charge in [0.25, 0.3) is 5.56 Å². The maximum Gasteiger partial charge on any atom is 0.251 e. The van der Waals surface area contributed by atoms with Crippen LogP contribution in [-0.2, 0) is 6.54 Å². The van der Waals surface area contributed by atoms with Crippen LogP contribution in [0.5, 0.6) is 0 Å². The summed E-state index contributed by atoms with van der Waals surface area (Å²) < 4.78 is 1.76. The molecular weight excluding hydrogens is 224 g/mol. The molecule has 1 aliphatic rings. The molecule has 3 rings (SSSR count). The summed E-state index contributed by atoms with van der Waals surface area (Å²) in [5, 5.41) is 3.34. The molecule has 0 unspecified atom stereocenters. The van der Waals surface area contributed by atoms with Crippen LogP contribution in [0.4, 0.5) is 5.69 Å². The van der Waals surface area contributed by atoms with E-state index >= 15 is 0 Å². The van der Waals surface area contributed by atoms with E-state index in [1.54, 1.807) is 16.7 Å². The molecule has 0 spiro atoms. The largest absolute Gasteiger partial charge is 0.357 e. The topological polar surface area (TPSA) is 34.0 Å². The average molecular weight is 238 g/mol. The van der Waals surface area contributed by atoms with Gasteiger partial charge in [0.2, 0.25) is 0 Å². The quantitative estimate of drug-likeness (QED) is 0.872. The molecule has 0 fully saturated rings. The summed E-state index contributed by atoms with van der Waals surface area (Å²) in [6.45, 7) is 2.68. The van der Waals surface area contributed by atoms with Crippen LogP contribution in [0.3, 0.4) is 0 Å². The smallest absolute Gasteiger partial charge is 0.251 e. The predicted octanol–water partition coefficient (Wildman–Crippen LogP) is 2.62. The van der Waals surface area contributed by atoms with E-state index in [1.807, 2.05) is 24.3 Å². The third-order valence-electron chi connectivity index (χ3n) is 3.09. The van der Waals surface area contributed by atoms with Gasteiger partial charge in [0.15, 0.2) is 0 Å². The van der Waals surface area contributed by atoms with Gasteiger partial charge >= 0.3 is 0 Å². The van der Waals surface area contributed by atoms with E-state index < -0.39 is 0 Å². The van der Waals surface area contributed by atoms with Gasteiger partial charge in [-0.15, -0.1) is 0 Å². The second-order valence-corrected chi connectivity index (χ2v) is 4.54. The van der Waals surface area contributed by atoms with Crippen LogP contribution >= 0.6 is 0 Å². The first kappa shape index (κ1) is 10.8. The van der Waals surface area contributed by atoms with Crippen molar-refractivity contribution in [3.8, 4) is 0 Å². The maximum absolute atomic E-state index is 11.7. The van der Waals surface area contributed by atoms with Crippen molar-refractivity contribution < 1.29 is 0 Å². The molecule has 0 aliphatic carbocycles. The van der Waals surface area contributed by atoms with Gasteiger partial charge in [-0.05, 0) is 31.2 Å². The lowest BCUT2D eigenvalue weighted by molar-refractivity contribution is 0.770. The van der Waals surface area contributed by atoms with Gasteiger partial charge in [0.1, 0.15) is 0 Å². The number of aromatic nitrogens is 1. The molecule has 0 atom stereocenters. The molecule has 0 radical (unpaired) electrons. The molecule has 1 aromatic heterocycles. The van der Waals surface area contributed by atoms with Crippen molar-refractivity contribution in [1.82, 2.24) is 4.57 Å². The molecule has 18 heavy (non-hydrogen) atoms. The van der Waals surface area contributed by atoms with E-state index in [4.69, 9.17) is 0 Å². The van der Waals surface area contributed by atoms with Gasteiger partial charge in [-0.2, -0.15) is 0 Å². The van der Waals surface area contributed by atoms with Gasteiger partial charge in [-0.1, -0.05) is 23.8 Å². The number of fused-ring (bicyclic) bond motifs is 1. The molecule has 2 aromatic rings. The highest BCUT2D eigenvalue weighted by Gasteiger charge is 2.12. The van der Waals surface area contributed by atoms with Gasteiger partial charge < -0.3 is 9.88 Å². The van der Waals surface area contributed by atoms with Crippen molar-refractivity contribution in [2.75, 3.05) is 5.32 Å². The average Bonchev–Trinajstić information content (AvgIpc) is 2.76. The fourth-order valence-electron chi connectivity index (χ4n) is 2.12. The molecule has 2 heterocycles. The first-order valence-electron chi connectivity index (χ1n) is 5.96. The van der Waals surface area contributed by atoms with E-state index in [2.05, 4.69) is 24.4 Å². The Balaban J connectivity index is 1.84. The monoisotopic (exact) mass is 238 g/mol. The van der Waals surface area contributed by atoms with Crippen molar-refractivity contribution >= 4 is 11.8 Å². The van der Waals surface area contributed by atoms with Gasteiger partial charge in [-0.3, -0.25) is 4.79 Å². The fourth-order valence-corrected chi connectivity index (χ4v) is 2.12. The minimum atomic E-state index is 0.0458. The van der Waals surface area contributed by atoms with E-state index in [0.717, 1.165) is 17.1 Å². The van der Waals surface area contributed by atoms with E-state index in [-0.39, 0.29) is 5.56 Å². The molecule has 1 aliphatic heterocycles. The van der Waals surface area contributed by atoms with Crippen LogP contribution in [0.15, 0.2) is 53.0 Å². The van der Waals surface area contributed by atoms with Crippen molar-refractivity contribution in [1.29, 1.82) is 0 Å². The number of rotatable bonds is 2. The highest BCUT2D eigenvalue weighted by Crippen LogP contribution is 2.19. The van der Waals surface area contributed by atoms with Crippen molar-refractivity contribution in [3.05, 3.63) is 69.8 Å². The molecular formula is C15H14N2O. The Morgan fingerprint density at radius 1 is 1.11 bits per heavy atom. The molecule has 0 amide bonds. The van der Waals surface area contributed by atoms with Crippen molar-refractivity contribution in [2.24, 2.45) is 0 Å². The second kappa shape index (κ2) is 4.18. The number of anilines is 1.